The van der Waals surface area contributed by atoms with Gasteiger partial charge in [0.25, 0.3) is 0 Å². The molecule has 1 aromatic carbocycles. The molecule has 0 saturated heterocycles. The molecule has 3 heteroatoms. The number of benzene rings is 1. The largest absolute Gasteiger partial charge is 0.434 e. The molecule has 0 aromatic heterocycles. The maximum absolute atomic E-state index is 5.34. The minimum absolute atomic E-state index is 0.188. The molecule has 0 amide bonds. The lowest BCUT2D eigenvalue weighted by atomic mass is 9.47. The molecule has 1 aromatic rings. The summed E-state index contributed by atoms with van der Waals surface area (Å²) in [7, 11) is 1.76. The van der Waals surface area contributed by atoms with Gasteiger partial charge in [-0.15, -0.1) is 0 Å². The Morgan fingerprint density at radius 1 is 1.20 bits per heavy atom. The van der Waals surface area contributed by atoms with Crippen LogP contribution in [-0.2, 0) is 11.1 Å². The fraction of sp³-hybridized carbons (Fsp3) is 0.500. The van der Waals surface area contributed by atoms with Crippen LogP contribution < -0.4 is 10.9 Å². The standard InChI is InChI=1S/C12H20B2O/c1-6-10-7-8-11(14(4)15-5)9-12(10)13(2)3/h7-9H,6H2,1-5H3. The van der Waals surface area contributed by atoms with Gasteiger partial charge in [0, 0.05) is 7.11 Å². The van der Waals surface area contributed by atoms with Crippen molar-refractivity contribution in [1.82, 2.24) is 0 Å². The molecule has 0 aliphatic carbocycles. The van der Waals surface area contributed by atoms with Gasteiger partial charge in [-0.05, 0) is 11.9 Å². The van der Waals surface area contributed by atoms with E-state index in [1.807, 2.05) is 0 Å². The Bertz CT molecular complexity index is 323. The van der Waals surface area contributed by atoms with Crippen LogP contribution in [0.2, 0.25) is 20.5 Å². The van der Waals surface area contributed by atoms with Crippen LogP contribution in [0.1, 0.15) is 12.5 Å². The lowest BCUT2D eigenvalue weighted by Crippen LogP contribution is -2.36. The third kappa shape index (κ3) is 2.88. The lowest BCUT2D eigenvalue weighted by Gasteiger charge is -2.14. The van der Waals surface area contributed by atoms with Crippen molar-refractivity contribution >= 4 is 24.6 Å². The summed E-state index contributed by atoms with van der Waals surface area (Å²) in [5.74, 6) is 0. The molecular formula is C12H20B2O. The van der Waals surface area contributed by atoms with Crippen LogP contribution in [0.25, 0.3) is 0 Å². The van der Waals surface area contributed by atoms with E-state index < -0.39 is 0 Å². The molecule has 0 bridgehead atoms. The zero-order valence-electron chi connectivity index (χ0n) is 10.5. The third-order valence-electron chi connectivity index (χ3n) is 3.00. The van der Waals surface area contributed by atoms with E-state index in [1.54, 1.807) is 7.11 Å². The zero-order chi connectivity index (χ0) is 11.4. The number of hydrogen-bond donors (Lipinski definition) is 0. The molecule has 80 valence electrons. The van der Waals surface area contributed by atoms with Gasteiger partial charge < -0.3 is 4.65 Å². The van der Waals surface area contributed by atoms with E-state index in [1.165, 1.54) is 16.5 Å². The van der Waals surface area contributed by atoms with E-state index in [0.29, 0.717) is 6.71 Å². The Balaban J connectivity index is 3.10. The van der Waals surface area contributed by atoms with Crippen molar-refractivity contribution in [2.75, 3.05) is 7.11 Å². The van der Waals surface area contributed by atoms with E-state index in [0.717, 1.165) is 6.42 Å². The molecule has 0 heterocycles. The summed E-state index contributed by atoms with van der Waals surface area (Å²) in [6.07, 6.45) is 1.11. The third-order valence-corrected chi connectivity index (χ3v) is 3.00. The van der Waals surface area contributed by atoms with E-state index in [9.17, 15) is 0 Å². The highest BCUT2D eigenvalue weighted by molar-refractivity contribution is 6.73. The first-order valence-corrected chi connectivity index (χ1v) is 5.75. The molecular weight excluding hydrogens is 182 g/mol. The van der Waals surface area contributed by atoms with Gasteiger partial charge in [0.1, 0.15) is 0 Å². The molecule has 1 rings (SSSR count). The van der Waals surface area contributed by atoms with Crippen molar-refractivity contribution in [3.8, 4) is 0 Å². The molecule has 15 heavy (non-hydrogen) atoms. The Morgan fingerprint density at radius 3 is 2.33 bits per heavy atom. The monoisotopic (exact) mass is 202 g/mol. The molecule has 0 unspecified atom stereocenters. The second kappa shape index (κ2) is 5.41. The fourth-order valence-corrected chi connectivity index (χ4v) is 1.86. The fourth-order valence-electron chi connectivity index (χ4n) is 1.86. The maximum Gasteiger partial charge on any atom is 0.323 e. The van der Waals surface area contributed by atoms with Crippen LogP contribution in [0.15, 0.2) is 18.2 Å². The summed E-state index contributed by atoms with van der Waals surface area (Å²) in [6.45, 7) is 9.56. The van der Waals surface area contributed by atoms with Gasteiger partial charge in [-0.1, -0.05) is 56.6 Å². The predicted octanol–water partition coefficient (Wildman–Crippen LogP) is 1.69. The van der Waals surface area contributed by atoms with Gasteiger partial charge in [-0.3, -0.25) is 0 Å². The zero-order valence-corrected chi connectivity index (χ0v) is 10.5. The van der Waals surface area contributed by atoms with Crippen LogP contribution in [0, 0.1) is 0 Å². The van der Waals surface area contributed by atoms with E-state index in [-0.39, 0.29) is 6.92 Å². The molecule has 0 spiro atoms. The molecule has 1 nitrogen and oxygen atoms in total. The Labute approximate surface area is 94.4 Å². The van der Waals surface area contributed by atoms with Crippen molar-refractivity contribution in [3.63, 3.8) is 0 Å². The quantitative estimate of drug-likeness (QED) is 0.674. The molecule has 0 atom stereocenters. The van der Waals surface area contributed by atoms with Crippen molar-refractivity contribution in [1.29, 1.82) is 0 Å². The highest BCUT2D eigenvalue weighted by Crippen LogP contribution is 2.00. The van der Waals surface area contributed by atoms with Crippen LogP contribution >= 0.6 is 0 Å². The summed E-state index contributed by atoms with van der Waals surface area (Å²) in [5.41, 5.74) is 4.19. The van der Waals surface area contributed by atoms with Crippen molar-refractivity contribution in [2.24, 2.45) is 0 Å². The summed E-state index contributed by atoms with van der Waals surface area (Å²) in [5, 5.41) is 0. The Kier molecular flexibility index (Phi) is 4.46. The Morgan fingerprint density at radius 2 is 1.87 bits per heavy atom. The average Bonchev–Trinajstić information content (AvgIpc) is 2.27. The van der Waals surface area contributed by atoms with Crippen LogP contribution in [0.4, 0.5) is 0 Å². The average molecular weight is 202 g/mol. The second-order valence-electron chi connectivity index (χ2n) is 4.34. The summed E-state index contributed by atoms with van der Waals surface area (Å²) < 4.78 is 5.34. The number of aryl methyl sites for hydroxylation is 1. The molecule has 0 N–H and O–H groups in total. The molecule has 0 radical (unpaired) electrons. The molecule has 0 aliphatic rings. The topological polar surface area (TPSA) is 9.23 Å². The minimum atomic E-state index is 0.188. The summed E-state index contributed by atoms with van der Waals surface area (Å²) in [6, 6.07) is 6.71. The molecule has 0 fully saturated rings. The van der Waals surface area contributed by atoms with Crippen molar-refractivity contribution in [3.05, 3.63) is 23.8 Å². The van der Waals surface area contributed by atoms with Gasteiger partial charge in [-0.25, -0.2) is 0 Å². The smallest absolute Gasteiger partial charge is 0.323 e. The molecule has 0 aliphatic heterocycles. The van der Waals surface area contributed by atoms with Crippen molar-refractivity contribution in [2.45, 2.75) is 33.8 Å². The van der Waals surface area contributed by atoms with E-state index in [2.05, 4.69) is 45.6 Å². The van der Waals surface area contributed by atoms with E-state index in [4.69, 9.17) is 4.65 Å². The van der Waals surface area contributed by atoms with Gasteiger partial charge in [0.2, 0.25) is 0 Å². The maximum atomic E-state index is 5.34. The van der Waals surface area contributed by atoms with Crippen LogP contribution in [-0.4, -0.2) is 20.7 Å². The van der Waals surface area contributed by atoms with Gasteiger partial charge in [-0.2, -0.15) is 0 Å². The SMILES string of the molecule is CCc1ccc(B(C)OC)cc1B(C)C. The second-order valence-corrected chi connectivity index (χ2v) is 4.34. The number of hydrogen-bond acceptors (Lipinski definition) is 1. The van der Waals surface area contributed by atoms with Gasteiger partial charge in [0.15, 0.2) is 6.71 Å². The van der Waals surface area contributed by atoms with Crippen LogP contribution in [0.3, 0.4) is 0 Å². The normalized spacial score (nSPS) is 10.2. The predicted molar refractivity (Wildman–Crippen MR) is 71.2 cm³/mol. The van der Waals surface area contributed by atoms with Crippen LogP contribution in [0.5, 0.6) is 0 Å². The minimum Gasteiger partial charge on any atom is -0.434 e. The Hall–Kier alpha value is -0.690. The summed E-state index contributed by atoms with van der Waals surface area (Å²) >= 11 is 0. The first kappa shape index (κ1) is 12.4. The van der Waals surface area contributed by atoms with Gasteiger partial charge in [0.05, 0.1) is 0 Å². The highest BCUT2D eigenvalue weighted by atomic mass is 16.4. The summed E-state index contributed by atoms with van der Waals surface area (Å²) in [4.78, 5) is 0. The molecule has 0 saturated carbocycles. The number of rotatable bonds is 4. The van der Waals surface area contributed by atoms with Crippen molar-refractivity contribution < 1.29 is 4.65 Å². The first-order chi connectivity index (χ1) is 7.10. The lowest BCUT2D eigenvalue weighted by molar-refractivity contribution is 0.434. The van der Waals surface area contributed by atoms with E-state index >= 15 is 0 Å². The highest BCUT2D eigenvalue weighted by Gasteiger charge is 2.14. The first-order valence-electron chi connectivity index (χ1n) is 5.75. The van der Waals surface area contributed by atoms with Gasteiger partial charge >= 0.3 is 6.92 Å².